The Bertz CT molecular complexity index is 923. The molecule has 31 heavy (non-hydrogen) atoms. The van der Waals surface area contributed by atoms with Crippen LogP contribution in [0.1, 0.15) is 0 Å². The first kappa shape index (κ1) is 20.4. The van der Waals surface area contributed by atoms with E-state index >= 15 is 0 Å². The Balaban J connectivity index is 1.13. The smallest absolute Gasteiger partial charge is 0.529 e. The van der Waals surface area contributed by atoms with Crippen LogP contribution in [0.15, 0.2) is 86.0 Å². The molecular formula is C22H23BN4O4. The number of rotatable bonds is 12. The average Bonchev–Trinajstić information content (AvgIpc) is 3.51. The third-order valence-electron chi connectivity index (χ3n) is 4.45. The van der Waals surface area contributed by atoms with E-state index in [2.05, 4.69) is 9.97 Å². The fourth-order valence-corrected chi connectivity index (χ4v) is 2.81. The number of nitrogens with zero attached hydrogens (tertiary/aromatic N) is 4. The molecule has 2 heterocycles. The highest BCUT2D eigenvalue weighted by Gasteiger charge is 2.02. The van der Waals surface area contributed by atoms with Crippen molar-refractivity contribution in [2.24, 2.45) is 0 Å². The fourth-order valence-electron chi connectivity index (χ4n) is 2.81. The van der Waals surface area contributed by atoms with Gasteiger partial charge in [-0.1, -0.05) is 0 Å². The van der Waals surface area contributed by atoms with Crippen molar-refractivity contribution in [3.05, 3.63) is 86.0 Å². The number of hydrogen-bond donors (Lipinski definition) is 0. The average molecular weight is 418 g/mol. The molecule has 158 valence electrons. The summed E-state index contributed by atoms with van der Waals surface area (Å²) in [6.07, 6.45) is 10.9. The zero-order valence-corrected chi connectivity index (χ0v) is 17.0. The third kappa shape index (κ3) is 6.57. The molecule has 4 aromatic rings. The van der Waals surface area contributed by atoms with Crippen LogP contribution in [0.3, 0.4) is 0 Å². The van der Waals surface area contributed by atoms with E-state index in [0.29, 0.717) is 24.7 Å². The lowest BCUT2D eigenvalue weighted by atomic mass is 10.3. The molecule has 0 fully saturated rings. The van der Waals surface area contributed by atoms with E-state index in [1.54, 1.807) is 25.0 Å². The first-order chi connectivity index (χ1) is 15.3. The van der Waals surface area contributed by atoms with Crippen LogP contribution >= 0.6 is 0 Å². The molecule has 8 nitrogen and oxygen atoms in total. The second-order valence-electron chi connectivity index (χ2n) is 6.65. The number of aromatic nitrogens is 4. The van der Waals surface area contributed by atoms with Crippen LogP contribution in [0.5, 0.6) is 23.0 Å². The largest absolute Gasteiger partial charge is 0.576 e. The van der Waals surface area contributed by atoms with Crippen molar-refractivity contribution in [3.8, 4) is 23.0 Å². The molecular weight excluding hydrogens is 395 g/mol. The highest BCUT2D eigenvalue weighted by molar-refractivity contribution is 6.20. The van der Waals surface area contributed by atoms with Gasteiger partial charge in [-0.05, 0) is 48.5 Å². The Kier molecular flexibility index (Phi) is 7.09. The summed E-state index contributed by atoms with van der Waals surface area (Å²) in [5.41, 5.74) is 0. The lowest BCUT2D eigenvalue weighted by molar-refractivity contribution is 0.298. The minimum absolute atomic E-state index is 0.113. The Morgan fingerprint density at radius 2 is 1.03 bits per heavy atom. The molecule has 0 aliphatic rings. The van der Waals surface area contributed by atoms with E-state index < -0.39 is 0 Å². The van der Waals surface area contributed by atoms with Gasteiger partial charge >= 0.3 is 7.69 Å². The van der Waals surface area contributed by atoms with Crippen molar-refractivity contribution < 1.29 is 18.8 Å². The SMILES string of the molecule is B(Oc1ccc(OCCn2ccnc2)cc1)Oc1ccc(OCCn2ccnc2)cc1. The molecule has 0 aliphatic carbocycles. The van der Waals surface area contributed by atoms with Gasteiger partial charge in [-0.2, -0.15) is 0 Å². The number of benzene rings is 2. The summed E-state index contributed by atoms with van der Waals surface area (Å²) in [5, 5.41) is 0. The van der Waals surface area contributed by atoms with Crippen LogP contribution in [0.4, 0.5) is 0 Å². The van der Waals surface area contributed by atoms with Gasteiger partial charge in [-0.3, -0.25) is 0 Å². The fraction of sp³-hybridized carbons (Fsp3) is 0.182. The maximum atomic E-state index is 5.72. The first-order valence-corrected chi connectivity index (χ1v) is 9.98. The van der Waals surface area contributed by atoms with Crippen molar-refractivity contribution in [2.75, 3.05) is 13.2 Å². The Hall–Kier alpha value is -3.88. The number of imidazole rings is 2. The van der Waals surface area contributed by atoms with Crippen LogP contribution in [0.2, 0.25) is 0 Å². The Morgan fingerprint density at radius 3 is 1.42 bits per heavy atom. The minimum Gasteiger partial charge on any atom is -0.529 e. The van der Waals surface area contributed by atoms with Crippen molar-refractivity contribution in [1.29, 1.82) is 0 Å². The Labute approximate surface area is 181 Å². The molecule has 0 N–H and O–H groups in total. The van der Waals surface area contributed by atoms with Crippen molar-refractivity contribution >= 4 is 7.69 Å². The molecule has 0 aliphatic heterocycles. The maximum absolute atomic E-state index is 5.72. The van der Waals surface area contributed by atoms with Gasteiger partial charge in [0.1, 0.15) is 36.2 Å². The molecule has 9 heteroatoms. The topological polar surface area (TPSA) is 72.6 Å². The van der Waals surface area contributed by atoms with E-state index in [1.807, 2.05) is 70.1 Å². The van der Waals surface area contributed by atoms with Crippen molar-refractivity contribution in [2.45, 2.75) is 13.1 Å². The zero-order chi connectivity index (χ0) is 21.1. The highest BCUT2D eigenvalue weighted by atomic mass is 16.6. The highest BCUT2D eigenvalue weighted by Crippen LogP contribution is 2.19. The van der Waals surface area contributed by atoms with Gasteiger partial charge in [0.15, 0.2) is 0 Å². The monoisotopic (exact) mass is 418 g/mol. The molecule has 0 amide bonds. The summed E-state index contributed by atoms with van der Waals surface area (Å²) in [7, 11) is 0.113. The van der Waals surface area contributed by atoms with Gasteiger partial charge in [-0.25, -0.2) is 9.97 Å². The minimum atomic E-state index is 0.113. The van der Waals surface area contributed by atoms with E-state index in [1.165, 1.54) is 0 Å². The van der Waals surface area contributed by atoms with Gasteiger partial charge in [0, 0.05) is 24.8 Å². The molecule has 2 aromatic heterocycles. The van der Waals surface area contributed by atoms with E-state index in [-0.39, 0.29) is 7.69 Å². The third-order valence-corrected chi connectivity index (χ3v) is 4.45. The van der Waals surface area contributed by atoms with Crippen LogP contribution in [0, 0.1) is 0 Å². The quantitative estimate of drug-likeness (QED) is 0.330. The van der Waals surface area contributed by atoms with Gasteiger partial charge in [-0.15, -0.1) is 0 Å². The predicted octanol–water partition coefficient (Wildman–Crippen LogP) is 2.96. The summed E-state index contributed by atoms with van der Waals surface area (Å²) >= 11 is 0. The molecule has 0 atom stereocenters. The summed E-state index contributed by atoms with van der Waals surface area (Å²) in [6.45, 7) is 2.65. The first-order valence-electron chi connectivity index (χ1n) is 9.98. The maximum Gasteiger partial charge on any atom is 0.576 e. The van der Waals surface area contributed by atoms with Crippen molar-refractivity contribution in [3.63, 3.8) is 0 Å². The van der Waals surface area contributed by atoms with Crippen LogP contribution in [-0.4, -0.2) is 40.0 Å². The summed E-state index contributed by atoms with van der Waals surface area (Å²) in [4.78, 5) is 8.01. The lowest BCUT2D eigenvalue weighted by Gasteiger charge is -2.10. The molecule has 0 radical (unpaired) electrons. The number of ether oxygens (including phenoxy) is 2. The number of hydrogen-bond acceptors (Lipinski definition) is 6. The molecule has 0 spiro atoms. The predicted molar refractivity (Wildman–Crippen MR) is 117 cm³/mol. The Morgan fingerprint density at radius 1 is 0.613 bits per heavy atom. The molecule has 0 unspecified atom stereocenters. The van der Waals surface area contributed by atoms with Gasteiger partial charge in [0.25, 0.3) is 0 Å². The molecule has 0 bridgehead atoms. The molecule has 0 saturated carbocycles. The van der Waals surface area contributed by atoms with Gasteiger partial charge in [0.05, 0.1) is 25.7 Å². The van der Waals surface area contributed by atoms with Crippen LogP contribution in [-0.2, 0) is 13.1 Å². The van der Waals surface area contributed by atoms with Gasteiger partial charge < -0.3 is 27.9 Å². The standard InChI is InChI=1S/C22H23BN4O4/c1-5-21(6-2-19(1)28-15-13-26-11-9-24-17-26)30-23-31-22-7-3-20(4-8-22)29-16-14-27-12-10-25-18-27/h1-12,17-18,23H,13-16H2. The second-order valence-corrected chi connectivity index (χ2v) is 6.65. The van der Waals surface area contributed by atoms with Crippen LogP contribution < -0.4 is 18.8 Å². The van der Waals surface area contributed by atoms with E-state index in [4.69, 9.17) is 18.8 Å². The van der Waals surface area contributed by atoms with Crippen LogP contribution in [0.25, 0.3) is 0 Å². The summed E-state index contributed by atoms with van der Waals surface area (Å²) in [5.74, 6) is 3.00. The van der Waals surface area contributed by atoms with E-state index in [9.17, 15) is 0 Å². The molecule has 2 aromatic carbocycles. The summed E-state index contributed by atoms with van der Waals surface area (Å²) in [6, 6.07) is 14.9. The zero-order valence-electron chi connectivity index (χ0n) is 17.0. The summed E-state index contributed by atoms with van der Waals surface area (Å²) < 4.78 is 26.6. The normalized spacial score (nSPS) is 10.5. The van der Waals surface area contributed by atoms with Crippen molar-refractivity contribution in [1.82, 2.24) is 19.1 Å². The molecule has 0 saturated heterocycles. The molecule has 4 rings (SSSR count). The van der Waals surface area contributed by atoms with Gasteiger partial charge in [0.2, 0.25) is 0 Å². The second kappa shape index (κ2) is 10.8. The van der Waals surface area contributed by atoms with E-state index in [0.717, 1.165) is 24.6 Å². The lowest BCUT2D eigenvalue weighted by Crippen LogP contribution is -2.11.